The van der Waals surface area contributed by atoms with Crippen molar-refractivity contribution in [3.63, 3.8) is 0 Å². The molecule has 0 aromatic carbocycles. The number of pyridine rings is 1. The van der Waals surface area contributed by atoms with Crippen LogP contribution in [0.2, 0.25) is 0 Å². The first-order valence-corrected chi connectivity index (χ1v) is 7.83. The average Bonchev–Trinajstić information content (AvgIpc) is 2.62. The van der Waals surface area contributed by atoms with Crippen LogP contribution in [-0.2, 0) is 4.79 Å². The number of piperazine rings is 1. The molecular weight excluding hydrogens is 276 g/mol. The van der Waals surface area contributed by atoms with E-state index in [0.717, 1.165) is 51.3 Å². The molecule has 1 aromatic heterocycles. The van der Waals surface area contributed by atoms with Gasteiger partial charge in [-0.05, 0) is 31.4 Å². The van der Waals surface area contributed by atoms with E-state index in [1.54, 1.807) is 12.3 Å². The Morgan fingerprint density at radius 3 is 2.64 bits per heavy atom. The molecule has 0 N–H and O–H groups in total. The SMILES string of the molecule is N#Cc1ccc(N2CCN(C(=O)[C@@H]3CC=CCC3)CC2)nc1. The van der Waals surface area contributed by atoms with Crippen LogP contribution in [-0.4, -0.2) is 42.0 Å². The summed E-state index contributed by atoms with van der Waals surface area (Å²) < 4.78 is 0. The summed E-state index contributed by atoms with van der Waals surface area (Å²) >= 11 is 0. The minimum Gasteiger partial charge on any atom is -0.353 e. The second-order valence-corrected chi connectivity index (χ2v) is 5.81. The maximum absolute atomic E-state index is 12.5. The summed E-state index contributed by atoms with van der Waals surface area (Å²) in [4.78, 5) is 21.0. The Kier molecular flexibility index (Phi) is 4.38. The van der Waals surface area contributed by atoms with Gasteiger partial charge in [0, 0.05) is 38.3 Å². The lowest BCUT2D eigenvalue weighted by atomic mass is 9.93. The summed E-state index contributed by atoms with van der Waals surface area (Å²) in [7, 11) is 0. The van der Waals surface area contributed by atoms with Crippen molar-refractivity contribution >= 4 is 11.7 Å². The second kappa shape index (κ2) is 6.61. The van der Waals surface area contributed by atoms with Gasteiger partial charge >= 0.3 is 0 Å². The molecule has 1 aromatic rings. The predicted octanol–water partition coefficient (Wildman–Crippen LogP) is 1.96. The zero-order valence-corrected chi connectivity index (χ0v) is 12.6. The van der Waals surface area contributed by atoms with Gasteiger partial charge in [0.15, 0.2) is 0 Å². The molecule has 1 saturated heterocycles. The van der Waals surface area contributed by atoms with Crippen molar-refractivity contribution in [3.05, 3.63) is 36.0 Å². The first kappa shape index (κ1) is 14.6. The molecule has 2 aliphatic rings. The molecule has 1 fully saturated rings. The molecule has 0 unspecified atom stereocenters. The van der Waals surface area contributed by atoms with Gasteiger partial charge in [-0.2, -0.15) is 5.26 Å². The average molecular weight is 296 g/mol. The Morgan fingerprint density at radius 1 is 1.23 bits per heavy atom. The third-order valence-electron chi connectivity index (χ3n) is 4.41. The monoisotopic (exact) mass is 296 g/mol. The number of carbonyl (C=O) groups excluding carboxylic acids is 1. The first-order chi connectivity index (χ1) is 10.8. The van der Waals surface area contributed by atoms with Gasteiger partial charge in [-0.3, -0.25) is 4.79 Å². The highest BCUT2D eigenvalue weighted by Crippen LogP contribution is 2.22. The van der Waals surface area contributed by atoms with Crippen LogP contribution in [0.3, 0.4) is 0 Å². The van der Waals surface area contributed by atoms with E-state index in [1.807, 2.05) is 11.0 Å². The van der Waals surface area contributed by atoms with Crippen molar-refractivity contribution in [2.45, 2.75) is 19.3 Å². The van der Waals surface area contributed by atoms with Gasteiger partial charge in [-0.25, -0.2) is 4.98 Å². The highest BCUT2D eigenvalue weighted by Gasteiger charge is 2.27. The molecule has 5 nitrogen and oxygen atoms in total. The molecule has 0 radical (unpaired) electrons. The van der Waals surface area contributed by atoms with E-state index in [9.17, 15) is 4.79 Å². The second-order valence-electron chi connectivity index (χ2n) is 5.81. The largest absolute Gasteiger partial charge is 0.353 e. The van der Waals surface area contributed by atoms with E-state index in [1.165, 1.54) is 0 Å². The number of hydrogen-bond donors (Lipinski definition) is 0. The quantitative estimate of drug-likeness (QED) is 0.783. The van der Waals surface area contributed by atoms with Crippen LogP contribution in [0.5, 0.6) is 0 Å². The molecule has 1 aliphatic carbocycles. The maximum atomic E-state index is 12.5. The number of nitrogens with zero attached hydrogens (tertiary/aromatic N) is 4. The predicted molar refractivity (Wildman–Crippen MR) is 84.2 cm³/mol. The Morgan fingerprint density at radius 2 is 2.05 bits per heavy atom. The number of amides is 1. The number of aromatic nitrogens is 1. The molecule has 1 aliphatic heterocycles. The van der Waals surface area contributed by atoms with Crippen molar-refractivity contribution in [2.24, 2.45) is 5.92 Å². The minimum absolute atomic E-state index is 0.171. The summed E-state index contributed by atoms with van der Waals surface area (Å²) in [6, 6.07) is 5.74. The van der Waals surface area contributed by atoms with E-state index < -0.39 is 0 Å². The summed E-state index contributed by atoms with van der Waals surface area (Å²) in [5, 5.41) is 8.81. The Hall–Kier alpha value is -2.35. The van der Waals surface area contributed by atoms with Gasteiger partial charge in [-0.15, -0.1) is 0 Å². The van der Waals surface area contributed by atoms with Crippen molar-refractivity contribution in [3.8, 4) is 6.07 Å². The summed E-state index contributed by atoms with van der Waals surface area (Å²) in [6.45, 7) is 3.10. The highest BCUT2D eigenvalue weighted by molar-refractivity contribution is 5.79. The fraction of sp³-hybridized carbons (Fsp3) is 0.471. The lowest BCUT2D eigenvalue weighted by molar-refractivity contribution is -0.136. The number of anilines is 1. The van der Waals surface area contributed by atoms with E-state index in [2.05, 4.69) is 28.1 Å². The van der Waals surface area contributed by atoms with Crippen molar-refractivity contribution in [1.82, 2.24) is 9.88 Å². The third-order valence-corrected chi connectivity index (χ3v) is 4.41. The van der Waals surface area contributed by atoms with Gasteiger partial charge in [0.25, 0.3) is 0 Å². The molecule has 22 heavy (non-hydrogen) atoms. The Bertz CT molecular complexity index is 594. The maximum Gasteiger partial charge on any atom is 0.226 e. The Balaban J connectivity index is 1.56. The van der Waals surface area contributed by atoms with Crippen molar-refractivity contribution in [1.29, 1.82) is 5.26 Å². The molecule has 1 atom stereocenters. The fourth-order valence-corrected chi connectivity index (χ4v) is 3.07. The van der Waals surface area contributed by atoms with Crippen LogP contribution < -0.4 is 4.90 Å². The van der Waals surface area contributed by atoms with Gasteiger partial charge in [-0.1, -0.05) is 12.2 Å². The fourth-order valence-electron chi connectivity index (χ4n) is 3.07. The molecule has 114 valence electrons. The zero-order valence-electron chi connectivity index (χ0n) is 12.6. The van der Waals surface area contributed by atoms with Crippen LogP contribution in [0.15, 0.2) is 30.5 Å². The van der Waals surface area contributed by atoms with E-state index in [-0.39, 0.29) is 5.92 Å². The van der Waals surface area contributed by atoms with Gasteiger partial charge in [0.05, 0.1) is 5.56 Å². The normalized spacial score (nSPS) is 21.5. The number of carbonyl (C=O) groups is 1. The minimum atomic E-state index is 0.171. The number of nitriles is 1. The standard InChI is InChI=1S/C17H20N4O/c18-12-14-6-7-16(19-13-14)20-8-10-21(11-9-20)17(22)15-4-2-1-3-5-15/h1-2,6-7,13,15H,3-5,8-11H2/t15-/m1/s1. The van der Waals surface area contributed by atoms with Gasteiger partial charge < -0.3 is 9.80 Å². The Labute approximate surface area is 130 Å². The van der Waals surface area contributed by atoms with E-state index in [0.29, 0.717) is 11.5 Å². The van der Waals surface area contributed by atoms with Gasteiger partial charge in [0.2, 0.25) is 5.91 Å². The number of hydrogen-bond acceptors (Lipinski definition) is 4. The molecule has 0 saturated carbocycles. The lowest BCUT2D eigenvalue weighted by Crippen LogP contribution is -2.50. The van der Waals surface area contributed by atoms with E-state index in [4.69, 9.17) is 5.26 Å². The molecule has 5 heteroatoms. The van der Waals surface area contributed by atoms with Gasteiger partial charge in [0.1, 0.15) is 11.9 Å². The van der Waals surface area contributed by atoms with Crippen LogP contribution in [0.4, 0.5) is 5.82 Å². The smallest absolute Gasteiger partial charge is 0.226 e. The molecule has 3 rings (SSSR count). The summed E-state index contributed by atoms with van der Waals surface area (Å²) in [5.41, 5.74) is 0.572. The van der Waals surface area contributed by atoms with Crippen LogP contribution in [0, 0.1) is 17.2 Å². The third kappa shape index (κ3) is 3.11. The number of allylic oxidation sites excluding steroid dienone is 2. The molecule has 1 amide bonds. The first-order valence-electron chi connectivity index (χ1n) is 7.83. The zero-order chi connectivity index (χ0) is 15.4. The lowest BCUT2D eigenvalue weighted by Gasteiger charge is -2.37. The van der Waals surface area contributed by atoms with E-state index >= 15 is 0 Å². The van der Waals surface area contributed by atoms with Crippen molar-refractivity contribution < 1.29 is 4.79 Å². The van der Waals surface area contributed by atoms with Crippen LogP contribution >= 0.6 is 0 Å². The molecular formula is C17H20N4O. The van der Waals surface area contributed by atoms with Crippen LogP contribution in [0.1, 0.15) is 24.8 Å². The summed E-state index contributed by atoms with van der Waals surface area (Å²) in [5.74, 6) is 1.35. The summed E-state index contributed by atoms with van der Waals surface area (Å²) in [6.07, 6.45) is 8.77. The molecule has 0 bridgehead atoms. The van der Waals surface area contributed by atoms with Crippen molar-refractivity contribution in [2.75, 3.05) is 31.1 Å². The van der Waals surface area contributed by atoms with Crippen LogP contribution in [0.25, 0.3) is 0 Å². The number of rotatable bonds is 2. The topological polar surface area (TPSA) is 60.2 Å². The molecule has 2 heterocycles. The molecule has 0 spiro atoms. The highest BCUT2D eigenvalue weighted by atomic mass is 16.2.